The van der Waals surface area contributed by atoms with Gasteiger partial charge in [-0.25, -0.2) is 0 Å². The molecule has 9 aromatic rings. The second-order valence-electron chi connectivity index (χ2n) is 35.2. The van der Waals surface area contributed by atoms with Crippen LogP contribution in [0.25, 0.3) is 0 Å². The van der Waals surface area contributed by atoms with Crippen LogP contribution in [0.2, 0.25) is 0 Å². The third-order valence-corrected chi connectivity index (χ3v) is 23.8. The van der Waals surface area contributed by atoms with Crippen molar-refractivity contribution in [2.75, 3.05) is 217 Å². The van der Waals surface area contributed by atoms with Crippen molar-refractivity contribution in [3.8, 4) is 40.2 Å². The lowest BCUT2D eigenvalue weighted by molar-refractivity contribution is 0.263. The molecule has 676 valence electrons. The largest absolute Gasteiger partial charge is 0.491 e. The molecule has 128 heavy (non-hydrogen) atoms. The van der Waals surface area contributed by atoms with Gasteiger partial charge in [-0.2, -0.15) is 0 Å². The van der Waals surface area contributed by atoms with E-state index in [4.69, 9.17) is 104 Å². The lowest BCUT2D eigenvalue weighted by Crippen LogP contribution is -2.31. The number of epoxide rings is 15. The SMILES string of the molecule is c1cc(C(c2ccc(OCC3CO3)cc2)c2ccc(OCC3CO3)cc2)ccc1OCC1CO1.c1cc(N(CC2CO2)CC2CO2)ccc1Cc1ccc(N(CC2CO2)CC2CO2)cc1.c1cc(N(CC2CO2)CC2CO2)ccc1OCC1CO1.c1cc(OCC2CO2)cc(N(CC2CO2)CC2CO2)c1.c1cc(OCC2CO2)ccc1Cc1ccc(OCC2CO2)cc1. The van der Waals surface area contributed by atoms with Crippen LogP contribution in [0.3, 0.4) is 0 Å². The molecule has 15 heterocycles. The van der Waals surface area contributed by atoms with Crippen LogP contribution in [0.4, 0.5) is 22.7 Å². The normalized spacial score (nSPS) is 26.1. The quantitative estimate of drug-likeness (QED) is 0.0253. The molecule has 24 rings (SSSR count). The van der Waals surface area contributed by atoms with E-state index in [0.717, 1.165) is 205 Å². The molecule has 26 nitrogen and oxygen atoms in total. The molecule has 15 aliphatic heterocycles. The minimum absolute atomic E-state index is 0.0717. The van der Waals surface area contributed by atoms with Crippen molar-refractivity contribution in [3.05, 3.63) is 257 Å². The first-order valence-corrected chi connectivity index (χ1v) is 45.7. The van der Waals surface area contributed by atoms with E-state index in [1.807, 2.05) is 84.9 Å². The monoisotopic (exact) mass is 1750 g/mol. The molecule has 15 fully saturated rings. The maximum absolute atomic E-state index is 5.83. The lowest BCUT2D eigenvalue weighted by atomic mass is 9.85. The van der Waals surface area contributed by atoms with Gasteiger partial charge in [0, 0.05) is 87.1 Å². The van der Waals surface area contributed by atoms with Gasteiger partial charge in [-0.15, -0.1) is 0 Å². The van der Waals surface area contributed by atoms with Crippen LogP contribution in [0.1, 0.15) is 44.9 Å². The van der Waals surface area contributed by atoms with E-state index < -0.39 is 0 Å². The Morgan fingerprint density at radius 2 is 0.375 bits per heavy atom. The van der Waals surface area contributed by atoms with Crippen molar-refractivity contribution < 1.29 is 104 Å². The second kappa shape index (κ2) is 41.9. The summed E-state index contributed by atoms with van der Waals surface area (Å²) in [6, 6.07) is 76.0. The zero-order valence-electron chi connectivity index (χ0n) is 72.4. The van der Waals surface area contributed by atoms with Crippen LogP contribution in [-0.2, 0) is 83.9 Å². The molecule has 0 aromatic heterocycles. The van der Waals surface area contributed by atoms with E-state index in [1.165, 1.54) is 61.7 Å². The van der Waals surface area contributed by atoms with Crippen LogP contribution < -0.4 is 52.8 Å². The predicted octanol–water partition coefficient (Wildman–Crippen LogP) is 11.7. The van der Waals surface area contributed by atoms with E-state index in [0.29, 0.717) is 113 Å². The van der Waals surface area contributed by atoms with Gasteiger partial charge in [-0.3, -0.25) is 0 Å². The van der Waals surface area contributed by atoms with Crippen LogP contribution in [0, 0.1) is 0 Å². The molecule has 0 spiro atoms. The Morgan fingerprint density at radius 1 is 0.195 bits per heavy atom. The summed E-state index contributed by atoms with van der Waals surface area (Å²) in [5, 5.41) is 0. The van der Waals surface area contributed by atoms with Gasteiger partial charge in [-0.05, 0) is 173 Å². The lowest BCUT2D eigenvalue weighted by Gasteiger charge is -2.24. The van der Waals surface area contributed by atoms with Gasteiger partial charge < -0.3 is 124 Å². The third-order valence-electron chi connectivity index (χ3n) is 23.8. The Balaban J connectivity index is 0.000000102. The first-order chi connectivity index (χ1) is 63.2. The van der Waals surface area contributed by atoms with Crippen molar-refractivity contribution in [1.82, 2.24) is 0 Å². The molecule has 15 aliphatic rings. The molecule has 0 radical (unpaired) electrons. The Hall–Kier alpha value is -9.82. The molecule has 0 aliphatic carbocycles. The zero-order valence-corrected chi connectivity index (χ0v) is 72.4. The highest BCUT2D eigenvalue weighted by atomic mass is 16.6. The van der Waals surface area contributed by atoms with Gasteiger partial charge >= 0.3 is 0 Å². The molecule has 0 saturated carbocycles. The molecule has 15 unspecified atom stereocenters. The summed E-state index contributed by atoms with van der Waals surface area (Å²) in [5.41, 5.74) is 13.6. The zero-order chi connectivity index (χ0) is 85.6. The second-order valence-corrected chi connectivity index (χ2v) is 35.2. The molecule has 0 bridgehead atoms. The van der Waals surface area contributed by atoms with E-state index in [2.05, 4.69) is 153 Å². The smallest absolute Gasteiger partial charge is 0.121 e. The number of hydrogen-bond donors (Lipinski definition) is 0. The maximum Gasteiger partial charge on any atom is 0.121 e. The van der Waals surface area contributed by atoms with E-state index in [1.54, 1.807) is 0 Å². The number of benzene rings is 9. The van der Waals surface area contributed by atoms with Crippen molar-refractivity contribution in [3.63, 3.8) is 0 Å². The van der Waals surface area contributed by atoms with Gasteiger partial charge in [0.25, 0.3) is 0 Å². The Kier molecular flexibility index (Phi) is 28.3. The number of hydrogen-bond acceptors (Lipinski definition) is 26. The molecule has 0 amide bonds. The van der Waals surface area contributed by atoms with Crippen molar-refractivity contribution in [2.24, 2.45) is 0 Å². The molecule has 9 aromatic carbocycles. The van der Waals surface area contributed by atoms with Gasteiger partial charge in [0.15, 0.2) is 0 Å². The Morgan fingerprint density at radius 3 is 0.594 bits per heavy atom. The highest BCUT2D eigenvalue weighted by Crippen LogP contribution is 2.38. The van der Waals surface area contributed by atoms with Crippen molar-refractivity contribution >= 4 is 22.7 Å². The highest BCUT2D eigenvalue weighted by Gasteiger charge is 2.37. The summed E-state index contributed by atoms with van der Waals surface area (Å²) in [6.07, 6.45) is 6.79. The topological polar surface area (TPSA) is 266 Å². The summed E-state index contributed by atoms with van der Waals surface area (Å²) >= 11 is 0. The molecule has 15 atom stereocenters. The summed E-state index contributed by atoms with van der Waals surface area (Å²) in [4.78, 5) is 9.46. The minimum Gasteiger partial charge on any atom is -0.491 e. The van der Waals surface area contributed by atoms with Crippen LogP contribution >= 0.6 is 0 Å². The van der Waals surface area contributed by atoms with E-state index in [9.17, 15) is 0 Å². The summed E-state index contributed by atoms with van der Waals surface area (Å²) < 4.78 is 120. The van der Waals surface area contributed by atoms with Gasteiger partial charge in [0.2, 0.25) is 0 Å². The van der Waals surface area contributed by atoms with Crippen LogP contribution in [0.5, 0.6) is 40.2 Å². The maximum atomic E-state index is 5.83. The fraction of sp³-hybridized carbons (Fsp3) is 0.471. The molecule has 26 heteroatoms. The first-order valence-electron chi connectivity index (χ1n) is 45.7. The Labute approximate surface area is 748 Å². The fourth-order valence-electron chi connectivity index (χ4n) is 14.9. The average molecular weight is 1750 g/mol. The molecule has 0 N–H and O–H groups in total. The molecular formula is C102H116N4O22. The number of anilines is 4. The number of rotatable bonds is 48. The van der Waals surface area contributed by atoms with Crippen molar-refractivity contribution in [2.45, 2.75) is 110 Å². The summed E-state index contributed by atoms with van der Waals surface area (Å²) in [7, 11) is 0. The Bertz CT molecular complexity index is 4560. The van der Waals surface area contributed by atoms with Gasteiger partial charge in [-0.1, -0.05) is 91.0 Å². The number of nitrogens with zero attached hydrogens (tertiary/aromatic N) is 4. The minimum atomic E-state index is 0.0717. The predicted molar refractivity (Wildman–Crippen MR) is 478 cm³/mol. The summed E-state index contributed by atoms with van der Waals surface area (Å²) in [6.45, 7) is 24.6. The molecular weight excluding hydrogens is 1630 g/mol. The standard InChI is InChI=1S/C28H28O6.C25H30N2O4.C19H20O4.2C15H19NO4/c1-7-22(29-13-25-16-32-25)8-2-19(1)28(20-3-9-23(10-4-20)30-14-26-17-33-26)21-5-11-24(12-6-21)31-15-27-18-34-27;1-5-20(26(10-22-14-28-22)11-23-15-29-23)6-2-18(1)9-19-3-7-21(8-4-19)27(12-24-16-30-24)13-25-17-31-25;1-5-16(20-10-18-12-22-18)6-2-14(1)9-15-3-7-17(8-4-15)21-11-19-13-23-19;1-3-12(17-9-15-10-20-15)4-2-11(1)16(5-13-7-18-13)6-14-8-19-14;1-2-11(4-12(3-1)17-9-15-10-20-15)16(5-13-7-18-13)6-14-8-19-14/h1-12,25-28H,13-18H2;1-8,22-25H,9-17H2;1-8,18-19H,9-13H2;2*1-4,13-15H,5-10H2. The van der Waals surface area contributed by atoms with Crippen LogP contribution in [0.15, 0.2) is 218 Å². The fourth-order valence-corrected chi connectivity index (χ4v) is 14.9. The van der Waals surface area contributed by atoms with Crippen LogP contribution in [-0.4, -0.2) is 289 Å². The van der Waals surface area contributed by atoms with Crippen molar-refractivity contribution in [1.29, 1.82) is 0 Å². The number of ether oxygens (including phenoxy) is 22. The average Bonchev–Trinajstić information content (AvgIpc) is 1.32. The van der Waals surface area contributed by atoms with Gasteiger partial charge in [0.05, 0.1) is 148 Å². The van der Waals surface area contributed by atoms with E-state index >= 15 is 0 Å². The molecule has 15 saturated heterocycles. The first kappa shape index (κ1) is 86.2. The van der Waals surface area contributed by atoms with Gasteiger partial charge in [0.1, 0.15) is 129 Å². The highest BCUT2D eigenvalue weighted by molar-refractivity contribution is 5.55. The third kappa shape index (κ3) is 29.6. The summed E-state index contributed by atoms with van der Waals surface area (Å²) in [5.74, 6) is 6.24. The van der Waals surface area contributed by atoms with E-state index in [-0.39, 0.29) is 30.3 Å².